The van der Waals surface area contributed by atoms with Crippen molar-refractivity contribution in [2.45, 2.75) is 65.5 Å². The van der Waals surface area contributed by atoms with Crippen LogP contribution >= 0.6 is 0 Å². The summed E-state index contributed by atoms with van der Waals surface area (Å²) in [5, 5.41) is 6.56. The Hall–Kier alpha value is -1.51. The average molecular weight is 276 g/mol. The fraction of sp³-hybridized carbons (Fsp3) is 0.588. The van der Waals surface area contributed by atoms with Crippen LogP contribution < -0.4 is 10.6 Å². The molecule has 0 saturated heterocycles. The third-order valence-corrected chi connectivity index (χ3v) is 4.02. The zero-order chi connectivity index (χ0) is 15.2. The van der Waals surface area contributed by atoms with E-state index in [0.29, 0.717) is 6.04 Å². The lowest BCUT2D eigenvalue weighted by atomic mass is 9.89. The van der Waals surface area contributed by atoms with E-state index in [1.807, 2.05) is 24.3 Å². The molecule has 0 heterocycles. The highest BCUT2D eigenvalue weighted by Crippen LogP contribution is 2.22. The van der Waals surface area contributed by atoms with Gasteiger partial charge in [0.15, 0.2) is 0 Å². The predicted molar refractivity (Wildman–Crippen MR) is 86.3 cm³/mol. The van der Waals surface area contributed by atoms with Gasteiger partial charge in [0.05, 0.1) is 5.56 Å². The number of carbonyl (C=O) groups is 1. The van der Waals surface area contributed by atoms with Gasteiger partial charge in [0.25, 0.3) is 5.91 Å². The van der Waals surface area contributed by atoms with E-state index in [1.165, 1.54) is 0 Å². The van der Waals surface area contributed by atoms with Crippen molar-refractivity contribution in [1.82, 2.24) is 5.32 Å². The number of para-hydroxylation sites is 1. The predicted octanol–water partition coefficient (Wildman–Crippen LogP) is 4.21. The molecule has 0 aliphatic carbocycles. The van der Waals surface area contributed by atoms with E-state index in [1.54, 1.807) is 0 Å². The van der Waals surface area contributed by atoms with Gasteiger partial charge >= 0.3 is 0 Å². The lowest BCUT2D eigenvalue weighted by Crippen LogP contribution is -2.47. The minimum Gasteiger partial charge on any atom is -0.382 e. The van der Waals surface area contributed by atoms with Crippen LogP contribution in [0, 0.1) is 0 Å². The van der Waals surface area contributed by atoms with Gasteiger partial charge in [-0.1, -0.05) is 32.9 Å². The molecule has 0 aromatic heterocycles. The first-order valence-electron chi connectivity index (χ1n) is 7.66. The minimum absolute atomic E-state index is 0.0132. The topological polar surface area (TPSA) is 41.1 Å². The molecule has 0 aliphatic rings. The Labute approximate surface area is 123 Å². The normalized spacial score (nSPS) is 11.5. The molecule has 1 aromatic carbocycles. The lowest BCUT2D eigenvalue weighted by Gasteiger charge is -2.32. The number of amides is 1. The molecule has 20 heavy (non-hydrogen) atoms. The van der Waals surface area contributed by atoms with Crippen LogP contribution in [0.1, 0.15) is 64.2 Å². The van der Waals surface area contributed by atoms with Crippen molar-refractivity contribution in [3.8, 4) is 0 Å². The summed E-state index contributed by atoms with van der Waals surface area (Å²) in [5.74, 6) is 0.0132. The summed E-state index contributed by atoms with van der Waals surface area (Å²) in [5.41, 5.74) is 1.53. The number of anilines is 1. The van der Waals surface area contributed by atoms with Gasteiger partial charge in [0.2, 0.25) is 0 Å². The largest absolute Gasteiger partial charge is 0.382 e. The van der Waals surface area contributed by atoms with Crippen molar-refractivity contribution in [3.63, 3.8) is 0 Å². The molecule has 1 aromatic rings. The van der Waals surface area contributed by atoms with Gasteiger partial charge in [-0.2, -0.15) is 0 Å². The van der Waals surface area contributed by atoms with Gasteiger partial charge in [-0.3, -0.25) is 4.79 Å². The monoisotopic (exact) mass is 276 g/mol. The maximum Gasteiger partial charge on any atom is 0.253 e. The van der Waals surface area contributed by atoms with Crippen molar-refractivity contribution < 1.29 is 4.79 Å². The molecular formula is C17H28N2O. The average Bonchev–Trinajstić information content (AvgIpc) is 2.44. The van der Waals surface area contributed by atoms with Crippen molar-refractivity contribution in [2.75, 3.05) is 5.32 Å². The molecule has 0 fully saturated rings. The van der Waals surface area contributed by atoms with E-state index >= 15 is 0 Å². The second kappa shape index (κ2) is 7.32. The molecule has 1 rings (SSSR count). The van der Waals surface area contributed by atoms with Crippen LogP contribution in [0.4, 0.5) is 5.69 Å². The van der Waals surface area contributed by atoms with Crippen LogP contribution in [-0.4, -0.2) is 17.5 Å². The summed E-state index contributed by atoms with van der Waals surface area (Å²) in [6.07, 6.45) is 2.85. The number of rotatable bonds is 7. The highest BCUT2D eigenvalue weighted by molar-refractivity contribution is 6.00. The highest BCUT2D eigenvalue weighted by atomic mass is 16.1. The Balaban J connectivity index is 2.97. The number of nitrogens with one attached hydrogen (secondary N) is 2. The van der Waals surface area contributed by atoms with E-state index in [9.17, 15) is 4.79 Å². The molecule has 112 valence electrons. The third-order valence-electron chi connectivity index (χ3n) is 4.02. The minimum atomic E-state index is -0.0952. The third kappa shape index (κ3) is 3.99. The molecule has 2 N–H and O–H groups in total. The van der Waals surface area contributed by atoms with E-state index in [4.69, 9.17) is 0 Å². The zero-order valence-corrected chi connectivity index (χ0v) is 13.4. The summed E-state index contributed by atoms with van der Waals surface area (Å²) in [6, 6.07) is 8.00. The molecule has 0 saturated carbocycles. The number of hydrogen-bond donors (Lipinski definition) is 2. The Morgan fingerprint density at radius 1 is 1.10 bits per heavy atom. The van der Waals surface area contributed by atoms with Crippen LogP contribution in [0.25, 0.3) is 0 Å². The molecule has 0 bridgehead atoms. The quantitative estimate of drug-likeness (QED) is 0.783. The van der Waals surface area contributed by atoms with Gasteiger partial charge < -0.3 is 10.6 Å². The van der Waals surface area contributed by atoms with Gasteiger partial charge in [0, 0.05) is 17.3 Å². The maximum atomic E-state index is 12.6. The van der Waals surface area contributed by atoms with E-state index in [2.05, 4.69) is 45.3 Å². The van der Waals surface area contributed by atoms with E-state index in [-0.39, 0.29) is 11.4 Å². The highest BCUT2D eigenvalue weighted by Gasteiger charge is 2.27. The first-order chi connectivity index (χ1) is 9.48. The van der Waals surface area contributed by atoms with Crippen molar-refractivity contribution in [2.24, 2.45) is 0 Å². The molecule has 0 aliphatic heterocycles. The van der Waals surface area contributed by atoms with Gasteiger partial charge in [-0.15, -0.1) is 0 Å². The van der Waals surface area contributed by atoms with Crippen molar-refractivity contribution >= 4 is 11.6 Å². The van der Waals surface area contributed by atoms with Crippen molar-refractivity contribution in [1.29, 1.82) is 0 Å². The lowest BCUT2D eigenvalue weighted by molar-refractivity contribution is 0.0889. The van der Waals surface area contributed by atoms with Crippen LogP contribution in [0.2, 0.25) is 0 Å². The molecule has 0 unspecified atom stereocenters. The van der Waals surface area contributed by atoms with Gasteiger partial charge in [0.1, 0.15) is 0 Å². The van der Waals surface area contributed by atoms with Gasteiger partial charge in [-0.25, -0.2) is 0 Å². The molecule has 3 nitrogen and oxygen atoms in total. The van der Waals surface area contributed by atoms with E-state index < -0.39 is 0 Å². The summed E-state index contributed by atoms with van der Waals surface area (Å²) in [4.78, 5) is 12.6. The smallest absolute Gasteiger partial charge is 0.253 e. The Morgan fingerprint density at radius 2 is 1.65 bits per heavy atom. The second-order valence-corrected chi connectivity index (χ2v) is 5.64. The van der Waals surface area contributed by atoms with Crippen molar-refractivity contribution in [3.05, 3.63) is 29.8 Å². The summed E-state index contributed by atoms with van der Waals surface area (Å²) in [7, 11) is 0. The number of benzene rings is 1. The fourth-order valence-corrected chi connectivity index (χ4v) is 2.44. The number of carbonyl (C=O) groups excluding carboxylic acids is 1. The van der Waals surface area contributed by atoms with Crippen LogP contribution in [0.3, 0.4) is 0 Å². The number of hydrogen-bond acceptors (Lipinski definition) is 2. The molecular weight excluding hydrogens is 248 g/mol. The van der Waals surface area contributed by atoms with Crippen LogP contribution in [0.15, 0.2) is 24.3 Å². The Bertz CT molecular complexity index is 428. The Morgan fingerprint density at radius 3 is 2.15 bits per heavy atom. The molecule has 0 spiro atoms. The maximum absolute atomic E-state index is 12.6. The molecule has 3 heteroatoms. The summed E-state index contributed by atoms with van der Waals surface area (Å²) >= 11 is 0. The second-order valence-electron chi connectivity index (χ2n) is 5.64. The molecule has 0 radical (unpaired) electrons. The zero-order valence-electron chi connectivity index (χ0n) is 13.4. The Kier molecular flexibility index (Phi) is 6.05. The molecule has 0 atom stereocenters. The van der Waals surface area contributed by atoms with Crippen LogP contribution in [-0.2, 0) is 0 Å². The molecule has 1 amide bonds. The SMILES string of the molecule is CCC(CC)(CC)NC(=O)c1ccccc1NC(C)C. The summed E-state index contributed by atoms with van der Waals surface area (Å²) in [6.45, 7) is 10.5. The van der Waals surface area contributed by atoms with Crippen LogP contribution in [0.5, 0.6) is 0 Å². The fourth-order valence-electron chi connectivity index (χ4n) is 2.44. The van der Waals surface area contributed by atoms with E-state index in [0.717, 1.165) is 30.5 Å². The summed E-state index contributed by atoms with van der Waals surface area (Å²) < 4.78 is 0. The van der Waals surface area contributed by atoms with Gasteiger partial charge in [-0.05, 0) is 45.2 Å². The first kappa shape index (κ1) is 16.5. The first-order valence-corrected chi connectivity index (χ1v) is 7.66. The standard InChI is InChI=1S/C17H28N2O/c1-6-17(7-2,8-3)19-16(20)14-11-9-10-12-15(14)18-13(4)5/h9-13,18H,6-8H2,1-5H3,(H,19,20).